The van der Waals surface area contributed by atoms with E-state index in [4.69, 9.17) is 9.47 Å². The fourth-order valence-corrected chi connectivity index (χ4v) is 2.94. The fraction of sp³-hybridized carbons (Fsp3) is 0.706. The van der Waals surface area contributed by atoms with E-state index in [9.17, 15) is 19.5 Å². The first kappa shape index (κ1) is 19.1. The van der Waals surface area contributed by atoms with Crippen molar-refractivity contribution < 1.29 is 29.0 Å². The van der Waals surface area contributed by atoms with Crippen molar-refractivity contribution in [3.05, 3.63) is 11.3 Å². The van der Waals surface area contributed by atoms with Gasteiger partial charge >= 0.3 is 12.1 Å². The Balaban J connectivity index is 1.93. The lowest BCUT2D eigenvalue weighted by Gasteiger charge is -2.37. The summed E-state index contributed by atoms with van der Waals surface area (Å²) in [5.74, 6) is -1.76. The van der Waals surface area contributed by atoms with E-state index in [0.29, 0.717) is 25.9 Å². The van der Waals surface area contributed by atoms with Crippen molar-refractivity contribution in [1.29, 1.82) is 0 Å². The van der Waals surface area contributed by atoms with Crippen molar-refractivity contribution in [1.82, 2.24) is 9.80 Å². The molecule has 2 rings (SSSR count). The molecular formula is C17H26N2O6. The molecule has 1 fully saturated rings. The summed E-state index contributed by atoms with van der Waals surface area (Å²) in [4.78, 5) is 39.2. The van der Waals surface area contributed by atoms with Crippen LogP contribution in [0.3, 0.4) is 0 Å². The van der Waals surface area contributed by atoms with Gasteiger partial charge in [0, 0.05) is 19.1 Å². The van der Waals surface area contributed by atoms with Crippen molar-refractivity contribution in [2.75, 3.05) is 26.2 Å². The third kappa shape index (κ3) is 4.43. The molecule has 0 spiro atoms. The first-order valence-corrected chi connectivity index (χ1v) is 8.52. The number of ether oxygens (including phenoxy) is 2. The van der Waals surface area contributed by atoms with Crippen LogP contribution in [0.4, 0.5) is 4.79 Å². The highest BCUT2D eigenvalue weighted by Crippen LogP contribution is 2.26. The van der Waals surface area contributed by atoms with Crippen LogP contribution in [0.1, 0.15) is 40.5 Å². The van der Waals surface area contributed by atoms with Gasteiger partial charge in [0.2, 0.25) is 0 Å². The molecule has 0 radical (unpaired) electrons. The second-order valence-electron chi connectivity index (χ2n) is 7.18. The number of esters is 1. The topological polar surface area (TPSA) is 96.4 Å². The summed E-state index contributed by atoms with van der Waals surface area (Å²) >= 11 is 0. The molecule has 140 valence electrons. The van der Waals surface area contributed by atoms with Crippen LogP contribution in [0.2, 0.25) is 0 Å². The summed E-state index contributed by atoms with van der Waals surface area (Å²) in [6.45, 7) is 8.23. The maximum Gasteiger partial charge on any atom is 0.410 e. The van der Waals surface area contributed by atoms with Crippen LogP contribution in [-0.4, -0.2) is 70.8 Å². The lowest BCUT2D eigenvalue weighted by molar-refractivity contribution is -0.138. The molecule has 0 atom stereocenters. The standard InChI is InChI=1S/C17H26N2O6/c1-5-24-15(22)12-10-19(14(21)13(12)20)11-6-8-18(9-7-11)16(23)25-17(2,3)4/h11,20H,5-10H2,1-4H3. The number of hydrogen-bond acceptors (Lipinski definition) is 6. The molecule has 1 N–H and O–H groups in total. The van der Waals surface area contributed by atoms with E-state index >= 15 is 0 Å². The van der Waals surface area contributed by atoms with Gasteiger partial charge in [-0.1, -0.05) is 0 Å². The van der Waals surface area contributed by atoms with E-state index in [-0.39, 0.29) is 30.9 Å². The number of rotatable bonds is 3. The number of aliphatic hydroxyl groups excluding tert-OH is 1. The molecule has 0 bridgehead atoms. The Kier molecular flexibility index (Phi) is 5.59. The monoisotopic (exact) mass is 354 g/mol. The SMILES string of the molecule is CCOC(=O)C1=C(O)C(=O)N(C2CCN(C(=O)OC(C)(C)C)CC2)C1. The third-order valence-corrected chi connectivity index (χ3v) is 4.16. The van der Waals surface area contributed by atoms with Crippen molar-refractivity contribution in [3.63, 3.8) is 0 Å². The molecule has 25 heavy (non-hydrogen) atoms. The minimum atomic E-state index is -0.665. The van der Waals surface area contributed by atoms with Gasteiger partial charge < -0.3 is 24.4 Å². The van der Waals surface area contributed by atoms with Gasteiger partial charge in [-0.3, -0.25) is 4.79 Å². The Morgan fingerprint density at radius 2 is 1.84 bits per heavy atom. The quantitative estimate of drug-likeness (QED) is 0.774. The number of piperidine rings is 1. The van der Waals surface area contributed by atoms with E-state index in [2.05, 4.69) is 0 Å². The summed E-state index contributed by atoms with van der Waals surface area (Å²) in [5.41, 5.74) is -0.551. The molecule has 2 aliphatic heterocycles. The summed E-state index contributed by atoms with van der Waals surface area (Å²) in [5, 5.41) is 9.93. The smallest absolute Gasteiger partial charge is 0.410 e. The average Bonchev–Trinajstić information content (AvgIpc) is 2.82. The normalized spacial score (nSPS) is 19.4. The lowest BCUT2D eigenvalue weighted by atomic mass is 10.0. The molecule has 8 heteroatoms. The van der Waals surface area contributed by atoms with Gasteiger partial charge in [-0.2, -0.15) is 0 Å². The van der Waals surface area contributed by atoms with Crippen LogP contribution in [0.25, 0.3) is 0 Å². The Bertz CT molecular complexity index is 584. The van der Waals surface area contributed by atoms with E-state index in [1.54, 1.807) is 11.8 Å². The van der Waals surface area contributed by atoms with Crippen LogP contribution >= 0.6 is 0 Å². The molecule has 0 saturated carbocycles. The van der Waals surface area contributed by atoms with Gasteiger partial charge in [-0.25, -0.2) is 9.59 Å². The largest absolute Gasteiger partial charge is 0.503 e. The zero-order valence-electron chi connectivity index (χ0n) is 15.2. The Hall–Kier alpha value is -2.25. The molecule has 2 aliphatic rings. The third-order valence-electron chi connectivity index (χ3n) is 4.16. The van der Waals surface area contributed by atoms with E-state index in [1.165, 1.54) is 4.90 Å². The minimum Gasteiger partial charge on any atom is -0.503 e. The highest BCUT2D eigenvalue weighted by molar-refractivity contribution is 6.05. The second kappa shape index (κ2) is 7.33. The van der Waals surface area contributed by atoms with Crippen molar-refractivity contribution >= 4 is 18.0 Å². The molecule has 0 aliphatic carbocycles. The Labute approximate surface area is 147 Å². The summed E-state index contributed by atoms with van der Waals surface area (Å²) in [6.07, 6.45) is 0.759. The van der Waals surface area contributed by atoms with E-state index < -0.39 is 23.2 Å². The molecule has 2 heterocycles. The number of likely N-dealkylation sites (tertiary alicyclic amines) is 1. The zero-order chi connectivity index (χ0) is 18.8. The predicted molar refractivity (Wildman–Crippen MR) is 88.8 cm³/mol. The number of carbonyl (C=O) groups excluding carboxylic acids is 3. The molecular weight excluding hydrogens is 328 g/mol. The number of aliphatic hydroxyl groups is 1. The average molecular weight is 354 g/mol. The predicted octanol–water partition coefficient (Wildman–Crippen LogP) is 1.60. The molecule has 0 unspecified atom stereocenters. The first-order valence-electron chi connectivity index (χ1n) is 8.52. The molecule has 1 saturated heterocycles. The van der Waals surface area contributed by atoms with E-state index in [1.807, 2.05) is 20.8 Å². The number of amides is 2. The van der Waals surface area contributed by atoms with Crippen molar-refractivity contribution in [3.8, 4) is 0 Å². The van der Waals surface area contributed by atoms with Gasteiger partial charge in [0.25, 0.3) is 5.91 Å². The molecule has 0 aromatic carbocycles. The Morgan fingerprint density at radius 1 is 1.24 bits per heavy atom. The zero-order valence-corrected chi connectivity index (χ0v) is 15.2. The van der Waals surface area contributed by atoms with Crippen molar-refractivity contribution in [2.24, 2.45) is 0 Å². The van der Waals surface area contributed by atoms with E-state index in [0.717, 1.165) is 0 Å². The number of hydrogen-bond donors (Lipinski definition) is 1. The lowest BCUT2D eigenvalue weighted by Crippen LogP contribution is -2.48. The second-order valence-corrected chi connectivity index (χ2v) is 7.18. The fourth-order valence-electron chi connectivity index (χ4n) is 2.94. The first-order chi connectivity index (χ1) is 11.6. The minimum absolute atomic E-state index is 0.00132. The van der Waals surface area contributed by atoms with Crippen LogP contribution in [0, 0.1) is 0 Å². The van der Waals surface area contributed by atoms with Gasteiger partial charge in [0.15, 0.2) is 5.76 Å². The summed E-state index contributed by atoms with van der Waals surface area (Å²) < 4.78 is 10.2. The number of nitrogens with zero attached hydrogens (tertiary/aromatic N) is 2. The van der Waals surface area contributed by atoms with Gasteiger partial charge in [0.05, 0.1) is 13.2 Å². The maximum absolute atomic E-state index is 12.2. The molecule has 0 aromatic rings. The van der Waals surface area contributed by atoms with Gasteiger partial charge in [-0.05, 0) is 40.5 Å². The number of carbonyl (C=O) groups is 3. The Morgan fingerprint density at radius 3 is 2.36 bits per heavy atom. The molecule has 2 amide bonds. The van der Waals surface area contributed by atoms with Gasteiger partial charge in [-0.15, -0.1) is 0 Å². The van der Waals surface area contributed by atoms with Crippen LogP contribution in [0.5, 0.6) is 0 Å². The maximum atomic E-state index is 12.2. The van der Waals surface area contributed by atoms with Crippen LogP contribution < -0.4 is 0 Å². The molecule has 8 nitrogen and oxygen atoms in total. The summed E-state index contributed by atoms with van der Waals surface area (Å²) in [7, 11) is 0. The van der Waals surface area contributed by atoms with Crippen LogP contribution in [-0.2, 0) is 19.1 Å². The van der Waals surface area contributed by atoms with Crippen LogP contribution in [0.15, 0.2) is 11.3 Å². The highest BCUT2D eigenvalue weighted by Gasteiger charge is 2.40. The van der Waals surface area contributed by atoms with Crippen molar-refractivity contribution in [2.45, 2.75) is 52.2 Å². The molecule has 0 aromatic heterocycles. The highest BCUT2D eigenvalue weighted by atomic mass is 16.6. The van der Waals surface area contributed by atoms with Gasteiger partial charge in [0.1, 0.15) is 11.2 Å². The summed E-state index contributed by atoms with van der Waals surface area (Å²) in [6, 6.07) is -0.139.